The van der Waals surface area contributed by atoms with Gasteiger partial charge < -0.3 is 14.2 Å². The molecule has 1 atom stereocenters. The Morgan fingerprint density at radius 2 is 0.571 bits per heavy atom. The van der Waals surface area contributed by atoms with E-state index in [-0.39, 0.29) is 31.1 Å². The lowest BCUT2D eigenvalue weighted by Gasteiger charge is -2.18. The summed E-state index contributed by atoms with van der Waals surface area (Å²) >= 11 is 0. The van der Waals surface area contributed by atoms with Gasteiger partial charge in [-0.3, -0.25) is 14.4 Å². The molecule has 0 heterocycles. The Morgan fingerprint density at radius 3 is 0.921 bits per heavy atom. The van der Waals surface area contributed by atoms with Crippen molar-refractivity contribution >= 4 is 17.9 Å². The number of carbonyl (C=O) groups is 3. The van der Waals surface area contributed by atoms with Crippen molar-refractivity contribution in [1.29, 1.82) is 0 Å². The van der Waals surface area contributed by atoms with E-state index in [0.29, 0.717) is 19.3 Å². The van der Waals surface area contributed by atoms with E-state index in [2.05, 4.69) is 57.2 Å². The summed E-state index contributed by atoms with van der Waals surface area (Å²) < 4.78 is 16.8. The van der Waals surface area contributed by atoms with Crippen molar-refractivity contribution < 1.29 is 28.6 Å². The van der Waals surface area contributed by atoms with Gasteiger partial charge in [0.05, 0.1) is 0 Å². The second kappa shape index (κ2) is 52.3. The molecule has 0 unspecified atom stereocenters. The molecule has 0 amide bonds. The molecule has 0 N–H and O–H groups in total. The van der Waals surface area contributed by atoms with E-state index in [4.69, 9.17) is 14.2 Å². The predicted molar refractivity (Wildman–Crippen MR) is 270 cm³/mol. The van der Waals surface area contributed by atoms with Gasteiger partial charge in [0, 0.05) is 19.3 Å². The molecular formula is C57H104O6. The van der Waals surface area contributed by atoms with Crippen LogP contribution < -0.4 is 0 Å². The number of hydrogen-bond donors (Lipinski definition) is 0. The van der Waals surface area contributed by atoms with E-state index in [1.165, 1.54) is 173 Å². The molecule has 0 aliphatic carbocycles. The summed E-state index contributed by atoms with van der Waals surface area (Å²) in [6.07, 6.45) is 61.2. The minimum absolute atomic E-state index is 0.0718. The molecule has 0 saturated carbocycles. The average Bonchev–Trinajstić information content (AvgIpc) is 3.28. The molecule has 63 heavy (non-hydrogen) atoms. The Balaban J connectivity index is 4.34. The molecule has 0 spiro atoms. The van der Waals surface area contributed by atoms with Crippen LogP contribution in [0.3, 0.4) is 0 Å². The van der Waals surface area contributed by atoms with Crippen LogP contribution in [0.5, 0.6) is 0 Å². The number of ether oxygens (including phenoxy) is 3. The zero-order valence-electron chi connectivity index (χ0n) is 42.1. The highest BCUT2D eigenvalue weighted by Gasteiger charge is 2.19. The standard InChI is InChI=1S/C57H104O6/c1-4-7-10-13-16-19-22-25-26-27-28-29-30-33-35-38-41-44-47-50-56(59)62-53-54(63-57(60)51-48-45-42-39-36-32-24-21-18-15-12-9-6-3)52-61-55(58)49-46-43-40-37-34-31-23-20-17-14-11-8-5-2/h16,19,25-26,28-29,54H,4-15,17-18,20-24,27,30-53H2,1-3H3/b19-16-,26-25-,29-28-/t54-/m1/s1. The van der Waals surface area contributed by atoms with Crippen LogP contribution in [-0.4, -0.2) is 37.2 Å². The highest BCUT2D eigenvalue weighted by molar-refractivity contribution is 5.71. The zero-order valence-corrected chi connectivity index (χ0v) is 42.1. The van der Waals surface area contributed by atoms with Gasteiger partial charge in [-0.2, -0.15) is 0 Å². The van der Waals surface area contributed by atoms with E-state index in [0.717, 1.165) is 77.0 Å². The monoisotopic (exact) mass is 885 g/mol. The van der Waals surface area contributed by atoms with Crippen molar-refractivity contribution in [2.45, 2.75) is 297 Å². The molecule has 0 radical (unpaired) electrons. The third kappa shape index (κ3) is 50.5. The van der Waals surface area contributed by atoms with Crippen LogP contribution in [0.1, 0.15) is 290 Å². The number of rotatable bonds is 50. The molecule has 6 nitrogen and oxygen atoms in total. The Bertz CT molecular complexity index is 1060. The van der Waals surface area contributed by atoms with Crippen LogP contribution in [0.4, 0.5) is 0 Å². The lowest BCUT2D eigenvalue weighted by atomic mass is 10.0. The largest absolute Gasteiger partial charge is 0.462 e. The van der Waals surface area contributed by atoms with Gasteiger partial charge in [-0.25, -0.2) is 0 Å². The summed E-state index contributed by atoms with van der Waals surface area (Å²) in [4.78, 5) is 38.0. The summed E-state index contributed by atoms with van der Waals surface area (Å²) in [6.45, 7) is 6.63. The number of unbranched alkanes of at least 4 members (excludes halogenated alkanes) is 33. The number of carbonyl (C=O) groups excluding carboxylic acids is 3. The number of allylic oxidation sites excluding steroid dienone is 6. The Hall–Kier alpha value is -2.37. The van der Waals surface area contributed by atoms with Crippen molar-refractivity contribution in [3.8, 4) is 0 Å². The quantitative estimate of drug-likeness (QED) is 0.0262. The fourth-order valence-electron chi connectivity index (χ4n) is 7.98. The van der Waals surface area contributed by atoms with Crippen LogP contribution in [-0.2, 0) is 28.6 Å². The van der Waals surface area contributed by atoms with Crippen LogP contribution in [0.15, 0.2) is 36.5 Å². The van der Waals surface area contributed by atoms with Gasteiger partial charge in [0.2, 0.25) is 0 Å². The molecule has 368 valence electrons. The second-order valence-corrected chi connectivity index (χ2v) is 18.5. The van der Waals surface area contributed by atoms with Gasteiger partial charge in [-0.1, -0.05) is 250 Å². The highest BCUT2D eigenvalue weighted by atomic mass is 16.6. The fraction of sp³-hybridized carbons (Fsp3) is 0.842. The predicted octanol–water partition coefficient (Wildman–Crippen LogP) is 18.1. The molecule has 6 heteroatoms. The molecule has 0 aliphatic rings. The van der Waals surface area contributed by atoms with Crippen LogP contribution in [0, 0.1) is 0 Å². The molecule has 0 fully saturated rings. The van der Waals surface area contributed by atoms with E-state index >= 15 is 0 Å². The van der Waals surface area contributed by atoms with Crippen molar-refractivity contribution in [3.05, 3.63) is 36.5 Å². The van der Waals surface area contributed by atoms with Gasteiger partial charge in [0.1, 0.15) is 13.2 Å². The summed E-state index contributed by atoms with van der Waals surface area (Å²) in [5.41, 5.74) is 0. The minimum Gasteiger partial charge on any atom is -0.462 e. The molecule has 0 bridgehead atoms. The van der Waals surface area contributed by atoms with Gasteiger partial charge in [0.15, 0.2) is 6.10 Å². The van der Waals surface area contributed by atoms with E-state index in [1.807, 2.05) is 0 Å². The van der Waals surface area contributed by atoms with Crippen molar-refractivity contribution in [3.63, 3.8) is 0 Å². The number of esters is 3. The van der Waals surface area contributed by atoms with Gasteiger partial charge >= 0.3 is 17.9 Å². The Kier molecular flexibility index (Phi) is 50.3. The van der Waals surface area contributed by atoms with Crippen molar-refractivity contribution in [2.24, 2.45) is 0 Å². The van der Waals surface area contributed by atoms with E-state index in [1.54, 1.807) is 0 Å². The Labute approximate surface area is 391 Å². The first-order valence-corrected chi connectivity index (χ1v) is 27.5. The normalized spacial score (nSPS) is 12.2. The van der Waals surface area contributed by atoms with Gasteiger partial charge in [-0.05, 0) is 57.8 Å². The summed E-state index contributed by atoms with van der Waals surface area (Å²) in [5.74, 6) is -0.870. The summed E-state index contributed by atoms with van der Waals surface area (Å²) in [7, 11) is 0. The maximum atomic E-state index is 12.8. The van der Waals surface area contributed by atoms with E-state index < -0.39 is 6.10 Å². The molecule has 0 aromatic carbocycles. The topological polar surface area (TPSA) is 78.9 Å². The first-order valence-electron chi connectivity index (χ1n) is 27.5. The maximum Gasteiger partial charge on any atom is 0.306 e. The van der Waals surface area contributed by atoms with Crippen LogP contribution >= 0.6 is 0 Å². The van der Waals surface area contributed by atoms with Crippen molar-refractivity contribution in [1.82, 2.24) is 0 Å². The summed E-state index contributed by atoms with van der Waals surface area (Å²) in [5, 5.41) is 0. The van der Waals surface area contributed by atoms with Crippen LogP contribution in [0.25, 0.3) is 0 Å². The molecule has 0 aromatic rings. The van der Waals surface area contributed by atoms with Gasteiger partial charge in [-0.15, -0.1) is 0 Å². The maximum absolute atomic E-state index is 12.8. The fourth-order valence-corrected chi connectivity index (χ4v) is 7.98. The molecule has 0 rings (SSSR count). The molecule has 0 saturated heterocycles. The third-order valence-electron chi connectivity index (χ3n) is 12.1. The van der Waals surface area contributed by atoms with E-state index in [9.17, 15) is 14.4 Å². The molecule has 0 aliphatic heterocycles. The lowest BCUT2D eigenvalue weighted by Crippen LogP contribution is -2.30. The smallest absolute Gasteiger partial charge is 0.306 e. The minimum atomic E-state index is -0.772. The van der Waals surface area contributed by atoms with Crippen LogP contribution in [0.2, 0.25) is 0 Å². The van der Waals surface area contributed by atoms with Crippen molar-refractivity contribution in [2.75, 3.05) is 13.2 Å². The number of hydrogen-bond acceptors (Lipinski definition) is 6. The molecular weight excluding hydrogens is 781 g/mol. The average molecular weight is 885 g/mol. The first-order chi connectivity index (χ1) is 31.0. The van der Waals surface area contributed by atoms with Gasteiger partial charge in [0.25, 0.3) is 0 Å². The lowest BCUT2D eigenvalue weighted by molar-refractivity contribution is -0.167. The Morgan fingerprint density at radius 1 is 0.317 bits per heavy atom. The summed E-state index contributed by atoms with van der Waals surface area (Å²) in [6, 6.07) is 0. The first kappa shape index (κ1) is 60.6. The highest BCUT2D eigenvalue weighted by Crippen LogP contribution is 2.16. The zero-order chi connectivity index (χ0) is 45.8. The third-order valence-corrected chi connectivity index (χ3v) is 12.1. The second-order valence-electron chi connectivity index (χ2n) is 18.5. The SMILES string of the molecule is CCCCC/C=C\C/C=C\C/C=C\CCCCCCCCC(=O)OC[C@@H](COC(=O)CCCCCCCCCCCCCCC)OC(=O)CCCCCCCCCCCCCCC. The molecule has 0 aromatic heterocycles.